The van der Waals surface area contributed by atoms with Crippen molar-refractivity contribution in [3.63, 3.8) is 0 Å². The summed E-state index contributed by atoms with van der Waals surface area (Å²) in [5, 5.41) is 23.4. The maximum absolute atomic E-state index is 13.3. The van der Waals surface area contributed by atoms with Crippen molar-refractivity contribution in [3.05, 3.63) is 34.1 Å². The number of rotatable bonds is 4. The molecule has 1 heterocycles. The zero-order chi connectivity index (χ0) is 18.8. The van der Waals surface area contributed by atoms with Crippen LogP contribution < -0.4 is 10.2 Å². The molecular formula is C16H22FN3O5. The van der Waals surface area contributed by atoms with E-state index in [9.17, 15) is 24.4 Å². The Bertz CT molecular complexity index is 662. The quantitative estimate of drug-likeness (QED) is 0.634. The third kappa shape index (κ3) is 4.79. The van der Waals surface area contributed by atoms with Crippen LogP contribution in [0.25, 0.3) is 0 Å². The molecule has 1 amide bonds. The normalized spacial score (nSPS) is 20.4. The maximum Gasteiger partial charge on any atom is 0.407 e. The number of amides is 1. The zero-order valence-corrected chi connectivity index (χ0v) is 14.4. The summed E-state index contributed by atoms with van der Waals surface area (Å²) in [4.78, 5) is 24.0. The summed E-state index contributed by atoms with van der Waals surface area (Å²) in [7, 11) is 0. The van der Waals surface area contributed by atoms with Crippen molar-refractivity contribution in [2.45, 2.75) is 44.9 Å². The molecule has 1 aliphatic rings. The van der Waals surface area contributed by atoms with Gasteiger partial charge < -0.3 is 20.1 Å². The van der Waals surface area contributed by atoms with Gasteiger partial charge in [-0.1, -0.05) is 0 Å². The second kappa shape index (κ2) is 7.22. The standard InChI is InChI=1S/C16H22FN3O5/c1-16(2,3)18-15(22)25-12-7-11(9-21)19(8-12)13-5-4-10(17)6-14(13)20(23)24/h4-6,11-12,21H,7-9H2,1-3H3,(H,18,22)/t11-,12-/m0/s1. The third-order valence-electron chi connectivity index (χ3n) is 3.78. The number of aliphatic hydroxyl groups excluding tert-OH is 1. The monoisotopic (exact) mass is 355 g/mol. The number of carbonyl (C=O) groups is 1. The molecule has 0 radical (unpaired) electrons. The highest BCUT2D eigenvalue weighted by atomic mass is 19.1. The Labute approximate surface area is 144 Å². The second-order valence-electron chi connectivity index (χ2n) is 7.02. The van der Waals surface area contributed by atoms with Gasteiger partial charge in [-0.25, -0.2) is 9.18 Å². The predicted octanol–water partition coefficient (Wildman–Crippen LogP) is 2.20. The highest BCUT2D eigenvalue weighted by molar-refractivity contribution is 5.69. The van der Waals surface area contributed by atoms with Crippen molar-refractivity contribution in [3.8, 4) is 0 Å². The molecule has 9 heteroatoms. The SMILES string of the molecule is CC(C)(C)NC(=O)O[C@H]1C[C@@H](CO)N(c2ccc(F)cc2[N+](=O)[O-])C1. The molecule has 138 valence electrons. The van der Waals surface area contributed by atoms with Gasteiger partial charge in [-0.3, -0.25) is 10.1 Å². The fourth-order valence-electron chi connectivity index (χ4n) is 2.80. The zero-order valence-electron chi connectivity index (χ0n) is 14.4. The minimum absolute atomic E-state index is 0.176. The lowest BCUT2D eigenvalue weighted by Crippen LogP contribution is -2.42. The second-order valence-corrected chi connectivity index (χ2v) is 7.02. The van der Waals surface area contributed by atoms with E-state index < -0.39 is 40.2 Å². The minimum Gasteiger partial charge on any atom is -0.444 e. The number of nitrogens with zero attached hydrogens (tertiary/aromatic N) is 2. The van der Waals surface area contributed by atoms with Gasteiger partial charge in [0, 0.05) is 12.0 Å². The van der Waals surface area contributed by atoms with Gasteiger partial charge in [0.25, 0.3) is 5.69 Å². The molecule has 1 saturated heterocycles. The van der Waals surface area contributed by atoms with Crippen LogP contribution in [0.5, 0.6) is 0 Å². The van der Waals surface area contributed by atoms with Gasteiger partial charge in [0.1, 0.15) is 17.6 Å². The van der Waals surface area contributed by atoms with E-state index in [0.717, 1.165) is 12.1 Å². The van der Waals surface area contributed by atoms with E-state index in [1.807, 2.05) is 20.8 Å². The van der Waals surface area contributed by atoms with Crippen LogP contribution in [0, 0.1) is 15.9 Å². The number of nitro groups is 1. The number of nitrogens with one attached hydrogen (secondary N) is 1. The molecule has 25 heavy (non-hydrogen) atoms. The molecule has 0 spiro atoms. The summed E-state index contributed by atoms with van der Waals surface area (Å²) in [6.45, 7) is 5.35. The number of anilines is 1. The first-order chi connectivity index (χ1) is 11.6. The van der Waals surface area contributed by atoms with Gasteiger partial charge in [0.15, 0.2) is 0 Å². The van der Waals surface area contributed by atoms with E-state index in [1.165, 1.54) is 6.07 Å². The Balaban J connectivity index is 2.17. The summed E-state index contributed by atoms with van der Waals surface area (Å²) in [5.41, 5.74) is -0.660. The smallest absolute Gasteiger partial charge is 0.407 e. The molecule has 0 aromatic heterocycles. The van der Waals surface area contributed by atoms with Crippen LogP contribution in [0.2, 0.25) is 0 Å². The highest BCUT2D eigenvalue weighted by Crippen LogP contribution is 2.34. The summed E-state index contributed by atoms with van der Waals surface area (Å²) >= 11 is 0. The number of hydrogen-bond acceptors (Lipinski definition) is 6. The summed E-state index contributed by atoms with van der Waals surface area (Å²) in [5.74, 6) is -0.715. The van der Waals surface area contributed by atoms with E-state index >= 15 is 0 Å². The van der Waals surface area contributed by atoms with Gasteiger partial charge in [0.2, 0.25) is 0 Å². The van der Waals surface area contributed by atoms with E-state index in [0.29, 0.717) is 6.42 Å². The Kier molecular flexibility index (Phi) is 5.46. The Morgan fingerprint density at radius 3 is 2.76 bits per heavy atom. The maximum atomic E-state index is 13.3. The molecule has 8 nitrogen and oxygen atoms in total. The van der Waals surface area contributed by atoms with Crippen molar-refractivity contribution < 1.29 is 24.0 Å². The van der Waals surface area contributed by atoms with Crippen LogP contribution in [0.1, 0.15) is 27.2 Å². The predicted molar refractivity (Wildman–Crippen MR) is 89.0 cm³/mol. The van der Waals surface area contributed by atoms with Crippen LogP contribution in [0.3, 0.4) is 0 Å². The molecule has 2 N–H and O–H groups in total. The number of hydrogen-bond donors (Lipinski definition) is 2. The number of nitro benzene ring substituents is 1. The number of alkyl carbamates (subject to hydrolysis) is 1. The lowest BCUT2D eigenvalue weighted by Gasteiger charge is -2.24. The van der Waals surface area contributed by atoms with Crippen molar-refractivity contribution >= 4 is 17.5 Å². The Morgan fingerprint density at radius 1 is 1.52 bits per heavy atom. The van der Waals surface area contributed by atoms with Gasteiger partial charge in [-0.15, -0.1) is 0 Å². The Hall–Kier alpha value is -2.42. The minimum atomic E-state index is -0.715. The van der Waals surface area contributed by atoms with Crippen LogP contribution in [0.4, 0.5) is 20.6 Å². The lowest BCUT2D eigenvalue weighted by molar-refractivity contribution is -0.384. The molecular weight excluding hydrogens is 333 g/mol. The molecule has 0 unspecified atom stereocenters. The highest BCUT2D eigenvalue weighted by Gasteiger charge is 2.37. The van der Waals surface area contributed by atoms with Crippen LogP contribution in [0.15, 0.2) is 18.2 Å². The molecule has 2 atom stereocenters. The topological polar surface area (TPSA) is 105 Å². The van der Waals surface area contributed by atoms with Gasteiger partial charge in [-0.2, -0.15) is 0 Å². The number of ether oxygens (including phenoxy) is 1. The van der Waals surface area contributed by atoms with Crippen LogP contribution in [-0.2, 0) is 4.74 Å². The molecule has 1 fully saturated rings. The van der Waals surface area contributed by atoms with Gasteiger partial charge >= 0.3 is 6.09 Å². The molecule has 0 aliphatic carbocycles. The number of carbonyl (C=O) groups excluding carboxylic acids is 1. The summed E-state index contributed by atoms with van der Waals surface area (Å²) in [6.07, 6.45) is -0.809. The number of halogens is 1. The van der Waals surface area contributed by atoms with Crippen LogP contribution >= 0.6 is 0 Å². The fourth-order valence-corrected chi connectivity index (χ4v) is 2.80. The molecule has 1 aromatic rings. The first-order valence-corrected chi connectivity index (χ1v) is 7.91. The fraction of sp³-hybridized carbons (Fsp3) is 0.562. The van der Waals surface area contributed by atoms with E-state index in [-0.39, 0.29) is 18.8 Å². The first kappa shape index (κ1) is 18.9. The van der Waals surface area contributed by atoms with Gasteiger partial charge in [-0.05, 0) is 32.9 Å². The average Bonchev–Trinajstić information content (AvgIpc) is 2.87. The number of aliphatic hydroxyl groups is 1. The van der Waals surface area contributed by atoms with E-state index in [4.69, 9.17) is 4.74 Å². The molecule has 0 saturated carbocycles. The summed E-state index contributed by atoms with van der Waals surface area (Å²) < 4.78 is 18.7. The largest absolute Gasteiger partial charge is 0.444 e. The van der Waals surface area contributed by atoms with E-state index in [1.54, 1.807) is 4.90 Å². The lowest BCUT2D eigenvalue weighted by atomic mass is 10.1. The summed E-state index contributed by atoms with van der Waals surface area (Å²) in [6, 6.07) is 2.80. The number of benzene rings is 1. The van der Waals surface area contributed by atoms with E-state index in [2.05, 4.69) is 5.32 Å². The molecule has 1 aromatic carbocycles. The van der Waals surface area contributed by atoms with Gasteiger partial charge in [0.05, 0.1) is 30.2 Å². The third-order valence-corrected chi connectivity index (χ3v) is 3.78. The van der Waals surface area contributed by atoms with Crippen molar-refractivity contribution in [1.82, 2.24) is 5.32 Å². The molecule has 2 rings (SSSR count). The van der Waals surface area contributed by atoms with Crippen molar-refractivity contribution in [2.24, 2.45) is 0 Å². The van der Waals surface area contributed by atoms with Crippen molar-refractivity contribution in [2.75, 3.05) is 18.1 Å². The average molecular weight is 355 g/mol. The molecule has 1 aliphatic heterocycles. The van der Waals surface area contributed by atoms with Crippen molar-refractivity contribution in [1.29, 1.82) is 0 Å². The Morgan fingerprint density at radius 2 is 2.20 bits per heavy atom. The van der Waals surface area contributed by atoms with Crippen LogP contribution in [-0.4, -0.2) is 47.0 Å². The first-order valence-electron chi connectivity index (χ1n) is 7.91. The molecule has 0 bridgehead atoms.